The minimum atomic E-state index is 0.0739. The molecule has 0 spiro atoms. The van der Waals surface area contributed by atoms with Crippen LogP contribution in [0.3, 0.4) is 0 Å². The Morgan fingerprint density at radius 3 is 2.45 bits per heavy atom. The molecule has 0 atom stereocenters. The summed E-state index contributed by atoms with van der Waals surface area (Å²) < 4.78 is 5.79. The molecule has 0 saturated carbocycles. The molecule has 2 nitrogen and oxygen atoms in total. The van der Waals surface area contributed by atoms with Gasteiger partial charge in [0.05, 0.1) is 5.39 Å². The van der Waals surface area contributed by atoms with Gasteiger partial charge in [-0.15, -0.1) is 0 Å². The van der Waals surface area contributed by atoms with Crippen molar-refractivity contribution in [1.82, 2.24) is 0 Å². The summed E-state index contributed by atoms with van der Waals surface area (Å²) in [7, 11) is 0. The Morgan fingerprint density at radius 2 is 1.65 bits per heavy atom. The molecule has 0 unspecified atom stereocenters. The number of benzene rings is 1. The van der Waals surface area contributed by atoms with Crippen LogP contribution in [0.2, 0.25) is 0 Å². The van der Waals surface area contributed by atoms with Crippen LogP contribution in [0, 0.1) is 0 Å². The Kier molecular flexibility index (Phi) is 5.85. The summed E-state index contributed by atoms with van der Waals surface area (Å²) in [5, 5.41) is 0.677. The molecule has 0 bridgehead atoms. The van der Waals surface area contributed by atoms with Gasteiger partial charge in [0, 0.05) is 12.5 Å². The minimum Gasteiger partial charge on any atom is -0.461 e. The van der Waals surface area contributed by atoms with Gasteiger partial charge in [-0.1, -0.05) is 57.6 Å². The van der Waals surface area contributed by atoms with E-state index in [1.165, 1.54) is 38.5 Å². The first kappa shape index (κ1) is 14.8. The van der Waals surface area contributed by atoms with Crippen molar-refractivity contribution in [2.24, 2.45) is 0 Å². The zero-order valence-electron chi connectivity index (χ0n) is 12.4. The zero-order chi connectivity index (χ0) is 14.2. The Bertz CT molecular complexity index is 583. The van der Waals surface area contributed by atoms with E-state index in [0.29, 0.717) is 11.0 Å². The third kappa shape index (κ3) is 4.22. The Labute approximate surface area is 120 Å². The highest BCUT2D eigenvalue weighted by Gasteiger charge is 2.03. The van der Waals surface area contributed by atoms with Crippen LogP contribution >= 0.6 is 0 Å². The molecule has 0 radical (unpaired) electrons. The van der Waals surface area contributed by atoms with Crippen molar-refractivity contribution >= 4 is 11.0 Å². The zero-order valence-corrected chi connectivity index (χ0v) is 12.4. The third-order valence-electron chi connectivity index (χ3n) is 3.71. The molecule has 1 aromatic carbocycles. The second kappa shape index (κ2) is 7.88. The fourth-order valence-electron chi connectivity index (χ4n) is 2.53. The van der Waals surface area contributed by atoms with Gasteiger partial charge in [-0.2, -0.15) is 0 Å². The molecule has 0 amide bonds. The number of unbranched alkanes of at least 4 members (excludes halogenated alkanes) is 6. The second-order valence-electron chi connectivity index (χ2n) is 5.44. The van der Waals surface area contributed by atoms with Crippen molar-refractivity contribution in [2.45, 2.75) is 58.3 Å². The molecule has 0 aliphatic heterocycles. The second-order valence-corrected chi connectivity index (χ2v) is 5.44. The molecule has 2 aromatic rings. The predicted molar refractivity (Wildman–Crippen MR) is 84.2 cm³/mol. The van der Waals surface area contributed by atoms with Crippen LogP contribution in [-0.4, -0.2) is 0 Å². The highest BCUT2D eigenvalue weighted by molar-refractivity contribution is 5.76. The largest absolute Gasteiger partial charge is 0.461 e. The molecular weight excluding hydrogens is 248 g/mol. The van der Waals surface area contributed by atoms with Crippen LogP contribution in [0.25, 0.3) is 11.0 Å². The van der Waals surface area contributed by atoms with Crippen LogP contribution in [0.5, 0.6) is 0 Å². The van der Waals surface area contributed by atoms with Crippen molar-refractivity contribution < 1.29 is 4.42 Å². The highest BCUT2D eigenvalue weighted by atomic mass is 16.3. The molecule has 1 heterocycles. The van der Waals surface area contributed by atoms with Gasteiger partial charge < -0.3 is 4.42 Å². The summed E-state index contributed by atoms with van der Waals surface area (Å²) in [4.78, 5) is 11.9. The number of fused-ring (bicyclic) bond motifs is 1. The Balaban J connectivity index is 1.83. The first-order valence-corrected chi connectivity index (χ1v) is 7.83. The molecule has 108 valence electrons. The summed E-state index contributed by atoms with van der Waals surface area (Å²) in [6.45, 7) is 2.24. The maximum Gasteiger partial charge on any atom is 0.192 e. The van der Waals surface area contributed by atoms with Crippen molar-refractivity contribution in [3.05, 3.63) is 46.3 Å². The number of aryl methyl sites for hydroxylation is 1. The molecular formula is C18H24O2. The van der Waals surface area contributed by atoms with Crippen LogP contribution in [0.15, 0.2) is 39.5 Å². The van der Waals surface area contributed by atoms with E-state index in [-0.39, 0.29) is 5.43 Å². The van der Waals surface area contributed by atoms with E-state index in [9.17, 15) is 4.79 Å². The highest BCUT2D eigenvalue weighted by Crippen LogP contribution is 2.14. The van der Waals surface area contributed by atoms with E-state index >= 15 is 0 Å². The van der Waals surface area contributed by atoms with Gasteiger partial charge in [0.1, 0.15) is 11.3 Å². The molecule has 2 rings (SSSR count). The monoisotopic (exact) mass is 272 g/mol. The number of rotatable bonds is 8. The van der Waals surface area contributed by atoms with E-state index in [1.807, 2.05) is 24.3 Å². The smallest absolute Gasteiger partial charge is 0.192 e. The van der Waals surface area contributed by atoms with Crippen LogP contribution < -0.4 is 5.43 Å². The summed E-state index contributed by atoms with van der Waals surface area (Å²) in [5.41, 5.74) is 0.780. The normalized spacial score (nSPS) is 11.1. The van der Waals surface area contributed by atoms with Crippen LogP contribution in [0.4, 0.5) is 0 Å². The van der Waals surface area contributed by atoms with Gasteiger partial charge in [-0.25, -0.2) is 0 Å². The standard InChI is InChI=1S/C18H24O2/c1-2-3-4-5-6-7-8-11-15-14-17(19)16-12-9-10-13-18(16)20-15/h9-10,12-14H,2-8,11H2,1H3. The van der Waals surface area contributed by atoms with Crippen molar-refractivity contribution in [3.63, 3.8) is 0 Å². The first-order valence-electron chi connectivity index (χ1n) is 7.83. The molecule has 20 heavy (non-hydrogen) atoms. The molecule has 0 fully saturated rings. The summed E-state index contributed by atoms with van der Waals surface area (Å²) >= 11 is 0. The Hall–Kier alpha value is -1.57. The van der Waals surface area contributed by atoms with Crippen molar-refractivity contribution in [3.8, 4) is 0 Å². The van der Waals surface area contributed by atoms with Gasteiger partial charge in [-0.3, -0.25) is 4.79 Å². The lowest BCUT2D eigenvalue weighted by atomic mass is 10.1. The molecule has 1 aromatic heterocycles. The molecule has 0 saturated heterocycles. The number of hydrogen-bond acceptors (Lipinski definition) is 2. The lowest BCUT2D eigenvalue weighted by molar-refractivity contribution is 0.510. The van der Waals surface area contributed by atoms with Gasteiger partial charge in [0.25, 0.3) is 0 Å². The quantitative estimate of drug-likeness (QED) is 0.627. The molecule has 0 N–H and O–H groups in total. The molecule has 0 aliphatic carbocycles. The van der Waals surface area contributed by atoms with Gasteiger partial charge in [0.2, 0.25) is 0 Å². The lowest BCUT2D eigenvalue weighted by Gasteiger charge is -2.03. The van der Waals surface area contributed by atoms with Gasteiger partial charge in [-0.05, 0) is 18.6 Å². The number of para-hydroxylation sites is 1. The summed E-state index contributed by atoms with van der Waals surface area (Å²) in [5.74, 6) is 0.822. The maximum absolute atomic E-state index is 11.9. The Morgan fingerprint density at radius 1 is 0.950 bits per heavy atom. The van der Waals surface area contributed by atoms with Gasteiger partial charge in [0.15, 0.2) is 5.43 Å². The van der Waals surface area contributed by atoms with Crippen molar-refractivity contribution in [1.29, 1.82) is 0 Å². The van der Waals surface area contributed by atoms with Crippen molar-refractivity contribution in [2.75, 3.05) is 0 Å². The van der Waals surface area contributed by atoms with E-state index in [4.69, 9.17) is 4.42 Å². The topological polar surface area (TPSA) is 30.2 Å². The lowest BCUT2D eigenvalue weighted by Crippen LogP contribution is -2.02. The molecule has 2 heteroatoms. The predicted octanol–water partition coefficient (Wildman–Crippen LogP) is 5.09. The van der Waals surface area contributed by atoms with Crippen LogP contribution in [-0.2, 0) is 6.42 Å². The van der Waals surface area contributed by atoms with Gasteiger partial charge >= 0.3 is 0 Å². The van der Waals surface area contributed by atoms with E-state index < -0.39 is 0 Å². The SMILES string of the molecule is CCCCCCCCCc1cc(=O)c2ccccc2o1. The fourth-order valence-corrected chi connectivity index (χ4v) is 2.53. The van der Waals surface area contributed by atoms with E-state index in [2.05, 4.69) is 6.92 Å². The first-order chi connectivity index (χ1) is 9.81. The molecule has 0 aliphatic rings. The minimum absolute atomic E-state index is 0.0739. The third-order valence-corrected chi connectivity index (χ3v) is 3.71. The number of hydrogen-bond donors (Lipinski definition) is 0. The maximum atomic E-state index is 11.9. The average molecular weight is 272 g/mol. The summed E-state index contributed by atoms with van der Waals surface area (Å²) in [6.07, 6.45) is 9.80. The summed E-state index contributed by atoms with van der Waals surface area (Å²) in [6, 6.07) is 9.11. The van der Waals surface area contributed by atoms with E-state index in [0.717, 1.165) is 18.6 Å². The van der Waals surface area contributed by atoms with E-state index in [1.54, 1.807) is 6.07 Å². The fraction of sp³-hybridized carbons (Fsp3) is 0.500. The van der Waals surface area contributed by atoms with Crippen LogP contribution in [0.1, 0.15) is 57.6 Å². The average Bonchev–Trinajstić information content (AvgIpc) is 2.46.